The molecule has 0 aliphatic heterocycles. The number of rotatable bonds is 10. The molecule has 0 unspecified atom stereocenters. The fourth-order valence-electron chi connectivity index (χ4n) is 2.61. The van der Waals surface area contributed by atoms with Gasteiger partial charge in [0.1, 0.15) is 5.75 Å². The molecule has 3 rings (SSSR count). The first kappa shape index (κ1) is 23.0. The third kappa shape index (κ3) is 6.92. The summed E-state index contributed by atoms with van der Waals surface area (Å²) < 4.78 is 32.7. The minimum atomic E-state index is -3.83. The average molecular weight is 453 g/mol. The second kappa shape index (κ2) is 11.1. The Morgan fingerprint density at radius 1 is 1.03 bits per heavy atom. The molecule has 1 amide bonds. The number of hydrogen-bond acceptors (Lipinski definition) is 6. The summed E-state index contributed by atoms with van der Waals surface area (Å²) in [7, 11) is -3.83. The lowest BCUT2D eigenvalue weighted by molar-refractivity contribution is -0.111. The van der Waals surface area contributed by atoms with Gasteiger partial charge in [-0.3, -0.25) is 4.79 Å². The van der Waals surface area contributed by atoms with E-state index < -0.39 is 10.0 Å². The SMILES string of the molecule is CCCCOc1ccc(C=CC(=O)Nc2ccc(S(=O)(=O)Nc3ncccn3)cc2)cc1. The molecule has 0 radical (unpaired) electrons. The maximum atomic E-state index is 12.4. The number of aromatic nitrogens is 2. The van der Waals surface area contributed by atoms with Gasteiger partial charge in [0, 0.05) is 24.2 Å². The Bertz CT molecular complexity index is 1150. The Morgan fingerprint density at radius 2 is 1.72 bits per heavy atom. The predicted molar refractivity (Wildman–Crippen MR) is 124 cm³/mol. The molecule has 0 spiro atoms. The first-order chi connectivity index (χ1) is 15.5. The summed E-state index contributed by atoms with van der Waals surface area (Å²) in [6.07, 6.45) is 8.06. The number of ether oxygens (including phenoxy) is 1. The Kier molecular flexibility index (Phi) is 7.93. The monoisotopic (exact) mass is 452 g/mol. The highest BCUT2D eigenvalue weighted by atomic mass is 32.2. The lowest BCUT2D eigenvalue weighted by Crippen LogP contribution is -2.15. The summed E-state index contributed by atoms with van der Waals surface area (Å²) in [6, 6.07) is 14.8. The summed E-state index contributed by atoms with van der Waals surface area (Å²) in [5.74, 6) is 0.443. The van der Waals surface area contributed by atoms with Crippen LogP contribution in [0.1, 0.15) is 25.3 Å². The van der Waals surface area contributed by atoms with E-state index in [4.69, 9.17) is 4.74 Å². The van der Waals surface area contributed by atoms with E-state index >= 15 is 0 Å². The van der Waals surface area contributed by atoms with Crippen molar-refractivity contribution in [2.24, 2.45) is 0 Å². The molecule has 0 fully saturated rings. The van der Waals surface area contributed by atoms with Crippen LogP contribution in [0.25, 0.3) is 6.08 Å². The fraction of sp³-hybridized carbons (Fsp3) is 0.174. The van der Waals surface area contributed by atoms with E-state index in [1.807, 2.05) is 24.3 Å². The first-order valence-electron chi connectivity index (χ1n) is 10.1. The van der Waals surface area contributed by atoms with Crippen LogP contribution in [-0.4, -0.2) is 30.9 Å². The van der Waals surface area contributed by atoms with Gasteiger partial charge >= 0.3 is 0 Å². The zero-order valence-corrected chi connectivity index (χ0v) is 18.4. The molecule has 166 valence electrons. The Hall–Kier alpha value is -3.72. The summed E-state index contributed by atoms with van der Waals surface area (Å²) in [5.41, 5.74) is 1.33. The van der Waals surface area contributed by atoms with Crippen molar-refractivity contribution in [3.8, 4) is 5.75 Å². The molecule has 8 nitrogen and oxygen atoms in total. The van der Waals surface area contributed by atoms with Crippen molar-refractivity contribution in [1.29, 1.82) is 0 Å². The zero-order chi connectivity index (χ0) is 22.8. The van der Waals surface area contributed by atoms with Gasteiger partial charge < -0.3 is 10.1 Å². The molecule has 9 heteroatoms. The van der Waals surface area contributed by atoms with Gasteiger partial charge in [-0.05, 0) is 60.5 Å². The van der Waals surface area contributed by atoms with Crippen LogP contribution in [0.3, 0.4) is 0 Å². The molecule has 3 aromatic rings. The van der Waals surface area contributed by atoms with Crippen LogP contribution in [0.4, 0.5) is 11.6 Å². The number of nitrogens with one attached hydrogen (secondary N) is 2. The van der Waals surface area contributed by atoms with Gasteiger partial charge in [-0.2, -0.15) is 0 Å². The predicted octanol–water partition coefficient (Wildman–Crippen LogP) is 4.11. The lowest BCUT2D eigenvalue weighted by atomic mass is 10.2. The summed E-state index contributed by atoms with van der Waals surface area (Å²) in [5, 5.41) is 2.70. The second-order valence-corrected chi connectivity index (χ2v) is 8.48. The van der Waals surface area contributed by atoms with Crippen LogP contribution in [0, 0.1) is 0 Å². The third-order valence-electron chi connectivity index (χ3n) is 4.30. The van der Waals surface area contributed by atoms with Crippen molar-refractivity contribution in [2.75, 3.05) is 16.6 Å². The Labute approximate surface area is 187 Å². The van der Waals surface area contributed by atoms with Gasteiger partial charge in [-0.1, -0.05) is 25.5 Å². The molecule has 1 heterocycles. The molecule has 0 bridgehead atoms. The number of carbonyl (C=O) groups excluding carboxylic acids is 1. The lowest BCUT2D eigenvalue weighted by Gasteiger charge is -2.07. The zero-order valence-electron chi connectivity index (χ0n) is 17.6. The van der Waals surface area contributed by atoms with E-state index in [1.54, 1.807) is 12.1 Å². The van der Waals surface area contributed by atoms with Gasteiger partial charge in [-0.25, -0.2) is 23.1 Å². The van der Waals surface area contributed by atoms with Crippen LogP contribution in [0.15, 0.2) is 78.0 Å². The Balaban J connectivity index is 1.55. The second-order valence-electron chi connectivity index (χ2n) is 6.80. The number of benzene rings is 2. The normalized spacial score (nSPS) is 11.3. The van der Waals surface area contributed by atoms with E-state index in [0.717, 1.165) is 24.2 Å². The van der Waals surface area contributed by atoms with Gasteiger partial charge in [0.2, 0.25) is 11.9 Å². The van der Waals surface area contributed by atoms with Gasteiger partial charge in [-0.15, -0.1) is 0 Å². The van der Waals surface area contributed by atoms with E-state index in [2.05, 4.69) is 26.9 Å². The van der Waals surface area contributed by atoms with E-state index in [9.17, 15) is 13.2 Å². The standard InChI is InChI=1S/C23H24N4O4S/c1-2-3-17-31-20-10-5-18(6-11-20)7-14-22(28)26-19-8-12-21(13-9-19)32(29,30)27-23-24-15-4-16-25-23/h4-16H,2-3,17H2,1H3,(H,26,28)(H,24,25,27). The van der Waals surface area contributed by atoms with Crippen LogP contribution in [-0.2, 0) is 14.8 Å². The number of carbonyl (C=O) groups is 1. The molecule has 0 saturated carbocycles. The highest BCUT2D eigenvalue weighted by Gasteiger charge is 2.15. The largest absolute Gasteiger partial charge is 0.494 e. The van der Waals surface area contributed by atoms with Crippen molar-refractivity contribution < 1.29 is 17.9 Å². The van der Waals surface area contributed by atoms with Crippen LogP contribution >= 0.6 is 0 Å². The topological polar surface area (TPSA) is 110 Å². The third-order valence-corrected chi connectivity index (χ3v) is 5.64. The molecule has 0 atom stereocenters. The molecule has 2 N–H and O–H groups in total. The summed E-state index contributed by atoms with van der Waals surface area (Å²) >= 11 is 0. The van der Waals surface area contributed by atoms with Crippen molar-refractivity contribution in [3.05, 3.63) is 78.6 Å². The van der Waals surface area contributed by atoms with Crippen molar-refractivity contribution in [3.63, 3.8) is 0 Å². The number of sulfonamides is 1. The smallest absolute Gasteiger partial charge is 0.264 e. The molecule has 0 aliphatic carbocycles. The molecular weight excluding hydrogens is 428 g/mol. The molecule has 0 saturated heterocycles. The molecule has 2 aromatic carbocycles. The quantitative estimate of drug-likeness (QED) is 0.354. The highest BCUT2D eigenvalue weighted by molar-refractivity contribution is 7.92. The summed E-state index contributed by atoms with van der Waals surface area (Å²) in [6.45, 7) is 2.79. The number of unbranched alkanes of at least 4 members (excludes halogenated alkanes) is 1. The molecule has 1 aromatic heterocycles. The van der Waals surface area contributed by atoms with Crippen LogP contribution in [0.5, 0.6) is 5.75 Å². The van der Waals surface area contributed by atoms with Gasteiger partial charge in [0.15, 0.2) is 0 Å². The molecular formula is C23H24N4O4S. The van der Waals surface area contributed by atoms with Gasteiger partial charge in [0.25, 0.3) is 10.0 Å². The fourth-order valence-corrected chi connectivity index (χ4v) is 3.57. The van der Waals surface area contributed by atoms with Crippen molar-refractivity contribution in [1.82, 2.24) is 9.97 Å². The van der Waals surface area contributed by atoms with E-state index in [0.29, 0.717) is 12.3 Å². The van der Waals surface area contributed by atoms with Crippen LogP contribution in [0.2, 0.25) is 0 Å². The first-order valence-corrected chi connectivity index (χ1v) is 11.6. The molecule has 0 aliphatic rings. The number of anilines is 2. The molecule has 32 heavy (non-hydrogen) atoms. The Morgan fingerprint density at radius 3 is 2.38 bits per heavy atom. The number of amides is 1. The average Bonchev–Trinajstić information content (AvgIpc) is 2.79. The number of nitrogens with zero attached hydrogens (tertiary/aromatic N) is 2. The minimum absolute atomic E-state index is 0.0180. The maximum Gasteiger partial charge on any atom is 0.264 e. The van der Waals surface area contributed by atoms with Gasteiger partial charge in [0.05, 0.1) is 11.5 Å². The van der Waals surface area contributed by atoms with Crippen LogP contribution < -0.4 is 14.8 Å². The van der Waals surface area contributed by atoms with E-state index in [1.165, 1.54) is 42.7 Å². The summed E-state index contributed by atoms with van der Waals surface area (Å²) in [4.78, 5) is 19.9. The van der Waals surface area contributed by atoms with E-state index in [-0.39, 0.29) is 16.8 Å². The maximum absolute atomic E-state index is 12.4. The van der Waals surface area contributed by atoms with Crippen molar-refractivity contribution >= 4 is 33.6 Å². The number of hydrogen-bond donors (Lipinski definition) is 2. The highest BCUT2D eigenvalue weighted by Crippen LogP contribution is 2.17. The van der Waals surface area contributed by atoms with Crippen molar-refractivity contribution in [2.45, 2.75) is 24.7 Å². The minimum Gasteiger partial charge on any atom is -0.494 e.